The number of ether oxygens (including phenoxy) is 1. The van der Waals surface area contributed by atoms with Crippen LogP contribution in [0.25, 0.3) is 11.1 Å². The second kappa shape index (κ2) is 7.86. The molecule has 0 heterocycles. The van der Waals surface area contributed by atoms with Gasteiger partial charge in [0.2, 0.25) is 0 Å². The molecule has 3 rings (SSSR count). The summed E-state index contributed by atoms with van der Waals surface area (Å²) in [5, 5.41) is -1.20. The van der Waals surface area contributed by atoms with Gasteiger partial charge in [-0.2, -0.15) is 13.2 Å². The van der Waals surface area contributed by atoms with Gasteiger partial charge in [-0.25, -0.2) is 0 Å². The van der Waals surface area contributed by atoms with Crippen LogP contribution in [0.15, 0.2) is 59.6 Å². The van der Waals surface area contributed by atoms with Crippen LogP contribution in [0.1, 0.15) is 25.0 Å². The molecule has 29 heavy (non-hydrogen) atoms. The average Bonchev–Trinajstić information content (AvgIpc) is 3.20. The van der Waals surface area contributed by atoms with E-state index < -0.39 is 34.4 Å². The maximum atomic E-state index is 12.7. The highest BCUT2D eigenvalue weighted by molar-refractivity contribution is 6.30. The van der Waals surface area contributed by atoms with Crippen molar-refractivity contribution in [2.75, 3.05) is 0 Å². The monoisotopic (exact) mass is 422 g/mol. The third-order valence-electron chi connectivity index (χ3n) is 5.66. The minimum Gasteiger partial charge on any atom is -0.461 e. The molecular formula is C23H22ClF3O2. The summed E-state index contributed by atoms with van der Waals surface area (Å²) in [6.45, 7) is 5.51. The maximum Gasteiger partial charge on any atom is 0.426 e. The molecule has 2 atom stereocenters. The minimum absolute atomic E-state index is 0.0708. The van der Waals surface area contributed by atoms with E-state index in [1.807, 2.05) is 55.5 Å². The molecule has 2 aromatic rings. The Bertz CT molecular complexity index is 933. The number of carbonyl (C=O) groups excluding carboxylic acids is 1. The second-order valence-electron chi connectivity index (χ2n) is 7.90. The van der Waals surface area contributed by atoms with Crippen molar-refractivity contribution in [3.8, 4) is 11.1 Å². The molecule has 6 heteroatoms. The van der Waals surface area contributed by atoms with Crippen LogP contribution in [-0.2, 0) is 16.1 Å². The van der Waals surface area contributed by atoms with E-state index in [4.69, 9.17) is 16.3 Å². The zero-order chi connectivity index (χ0) is 21.4. The lowest BCUT2D eigenvalue weighted by molar-refractivity contribution is -0.147. The first-order valence-corrected chi connectivity index (χ1v) is 9.66. The predicted molar refractivity (Wildman–Crippen MR) is 107 cm³/mol. The molecule has 1 fully saturated rings. The molecule has 1 unspecified atom stereocenters. The number of carbonyl (C=O) groups is 1. The Morgan fingerprint density at radius 2 is 1.79 bits per heavy atom. The van der Waals surface area contributed by atoms with Gasteiger partial charge >= 0.3 is 12.1 Å². The summed E-state index contributed by atoms with van der Waals surface area (Å²) in [5.74, 6) is -1.75. The lowest BCUT2D eigenvalue weighted by atomic mass is 9.97. The smallest absolute Gasteiger partial charge is 0.426 e. The topological polar surface area (TPSA) is 26.3 Å². The Morgan fingerprint density at radius 1 is 1.14 bits per heavy atom. The van der Waals surface area contributed by atoms with Crippen molar-refractivity contribution in [3.05, 3.63) is 70.8 Å². The molecule has 1 saturated carbocycles. The van der Waals surface area contributed by atoms with Gasteiger partial charge in [0.05, 0.1) is 5.92 Å². The van der Waals surface area contributed by atoms with Gasteiger partial charge in [-0.05, 0) is 40.5 Å². The lowest BCUT2D eigenvalue weighted by Crippen LogP contribution is -2.11. The molecule has 0 aromatic heterocycles. The van der Waals surface area contributed by atoms with Gasteiger partial charge in [-0.15, -0.1) is 0 Å². The third-order valence-corrected chi connectivity index (χ3v) is 6.00. The zero-order valence-electron chi connectivity index (χ0n) is 16.4. The molecule has 2 aromatic carbocycles. The van der Waals surface area contributed by atoms with Crippen LogP contribution in [0.3, 0.4) is 0 Å². The number of benzene rings is 2. The van der Waals surface area contributed by atoms with Crippen molar-refractivity contribution in [2.24, 2.45) is 17.3 Å². The van der Waals surface area contributed by atoms with Crippen LogP contribution >= 0.6 is 11.6 Å². The van der Waals surface area contributed by atoms with Crippen molar-refractivity contribution in [2.45, 2.75) is 33.6 Å². The maximum absolute atomic E-state index is 12.7. The molecule has 2 nitrogen and oxygen atoms in total. The third kappa shape index (κ3) is 4.50. The Kier molecular flexibility index (Phi) is 5.81. The molecule has 1 aliphatic carbocycles. The van der Waals surface area contributed by atoms with Gasteiger partial charge in [0, 0.05) is 0 Å². The highest BCUT2D eigenvalue weighted by Crippen LogP contribution is 2.60. The second-order valence-corrected chi connectivity index (χ2v) is 8.31. The molecule has 0 saturated heterocycles. The summed E-state index contributed by atoms with van der Waals surface area (Å²) in [5.41, 5.74) is 3.34. The summed E-state index contributed by atoms with van der Waals surface area (Å²) in [6.07, 6.45) is -3.68. The van der Waals surface area contributed by atoms with Crippen LogP contribution < -0.4 is 0 Å². The van der Waals surface area contributed by atoms with E-state index in [0.29, 0.717) is 0 Å². The van der Waals surface area contributed by atoms with E-state index in [-0.39, 0.29) is 6.61 Å². The van der Waals surface area contributed by atoms with Gasteiger partial charge in [0.25, 0.3) is 0 Å². The minimum atomic E-state index is -4.61. The molecule has 0 spiro atoms. The normalized spacial score (nSPS) is 21.0. The summed E-state index contributed by atoms with van der Waals surface area (Å²) in [6, 6.07) is 15.6. The van der Waals surface area contributed by atoms with Crippen LogP contribution in [0.2, 0.25) is 0 Å². The first-order chi connectivity index (χ1) is 13.5. The number of esters is 1. The molecule has 0 amide bonds. The molecule has 0 aliphatic heterocycles. The van der Waals surface area contributed by atoms with Crippen molar-refractivity contribution in [3.63, 3.8) is 0 Å². The van der Waals surface area contributed by atoms with E-state index >= 15 is 0 Å². The van der Waals surface area contributed by atoms with E-state index in [1.54, 1.807) is 13.8 Å². The Labute approximate surface area is 173 Å². The largest absolute Gasteiger partial charge is 0.461 e. The lowest BCUT2D eigenvalue weighted by Gasteiger charge is -2.12. The van der Waals surface area contributed by atoms with Crippen molar-refractivity contribution in [1.82, 2.24) is 0 Å². The number of allylic oxidation sites excluding steroid dienone is 2. The van der Waals surface area contributed by atoms with Crippen LogP contribution in [0, 0.1) is 24.2 Å². The van der Waals surface area contributed by atoms with Gasteiger partial charge in [-0.3, -0.25) is 4.79 Å². The van der Waals surface area contributed by atoms with Crippen molar-refractivity contribution >= 4 is 17.6 Å². The fourth-order valence-corrected chi connectivity index (χ4v) is 3.84. The highest BCUT2D eigenvalue weighted by atomic mass is 35.5. The number of hydrogen-bond donors (Lipinski definition) is 0. The number of rotatable bonds is 5. The molecule has 0 bridgehead atoms. The number of alkyl halides is 3. The van der Waals surface area contributed by atoms with E-state index in [2.05, 4.69) is 0 Å². The zero-order valence-corrected chi connectivity index (χ0v) is 17.1. The van der Waals surface area contributed by atoms with Crippen LogP contribution in [-0.4, -0.2) is 12.1 Å². The Hall–Kier alpha value is -2.27. The quantitative estimate of drug-likeness (QED) is 0.503. The molecular weight excluding hydrogens is 401 g/mol. The highest BCUT2D eigenvalue weighted by Gasteiger charge is 2.62. The van der Waals surface area contributed by atoms with Crippen molar-refractivity contribution < 1.29 is 22.7 Å². The first kappa shape index (κ1) is 21.4. The van der Waals surface area contributed by atoms with Gasteiger partial charge in [-0.1, -0.05) is 80.1 Å². The predicted octanol–water partition coefficient (Wildman–Crippen LogP) is 6.66. The fraction of sp³-hybridized carbons (Fsp3) is 0.348. The molecule has 0 radical (unpaired) electrons. The van der Waals surface area contributed by atoms with Crippen LogP contribution in [0.4, 0.5) is 13.2 Å². The number of hydrogen-bond acceptors (Lipinski definition) is 2. The average molecular weight is 423 g/mol. The summed E-state index contributed by atoms with van der Waals surface area (Å²) < 4.78 is 43.5. The van der Waals surface area contributed by atoms with E-state index in [0.717, 1.165) is 28.3 Å². The van der Waals surface area contributed by atoms with Crippen LogP contribution in [0.5, 0.6) is 0 Å². The van der Waals surface area contributed by atoms with E-state index in [9.17, 15) is 18.0 Å². The van der Waals surface area contributed by atoms with E-state index in [1.165, 1.54) is 0 Å². The Morgan fingerprint density at radius 3 is 2.41 bits per heavy atom. The van der Waals surface area contributed by atoms with Gasteiger partial charge in [0.1, 0.15) is 11.6 Å². The molecule has 0 N–H and O–H groups in total. The fourth-order valence-electron chi connectivity index (χ4n) is 3.70. The number of halogens is 4. The first-order valence-electron chi connectivity index (χ1n) is 9.28. The molecule has 1 aliphatic rings. The molecule has 154 valence electrons. The standard InChI is InChI=1S/C23H22ClF3O2/c1-14-16(10-7-11-17(14)15-8-5-4-6-9-15)13-29-21(28)20-18(22(20,2)3)12-19(24)23(25,26)27/h4-12,18,20H,13H2,1-3H3/b19-12-/t18?,20-/m0/s1. The van der Waals surface area contributed by atoms with Gasteiger partial charge in [0.15, 0.2) is 0 Å². The SMILES string of the molecule is Cc1c(COC(=O)[C@@H]2C(/C=C(\Cl)C(F)(F)F)C2(C)C)cccc1-c1ccccc1. The Balaban J connectivity index is 1.70. The van der Waals surface area contributed by atoms with Gasteiger partial charge < -0.3 is 4.74 Å². The summed E-state index contributed by atoms with van der Waals surface area (Å²) >= 11 is 5.34. The summed E-state index contributed by atoms with van der Waals surface area (Å²) in [4.78, 5) is 12.5. The summed E-state index contributed by atoms with van der Waals surface area (Å²) in [7, 11) is 0. The van der Waals surface area contributed by atoms with Crippen molar-refractivity contribution in [1.29, 1.82) is 0 Å².